The van der Waals surface area contributed by atoms with E-state index >= 15 is 0 Å². The van der Waals surface area contributed by atoms with Gasteiger partial charge >= 0.3 is 0 Å². The molecule has 7 nitrogen and oxygen atoms in total. The molecule has 1 aromatic carbocycles. The SMILES string of the molecule is COc1ccc(Cl)cc1C(=O)N1CCN(c2ccc(-c3ccco3)nn2)CC1. The monoisotopic (exact) mass is 398 g/mol. The number of hydrogen-bond donors (Lipinski definition) is 0. The van der Waals surface area contributed by atoms with Crippen molar-refractivity contribution in [3.8, 4) is 17.2 Å². The highest BCUT2D eigenvalue weighted by Crippen LogP contribution is 2.25. The predicted octanol–water partition coefficient (Wildman–Crippen LogP) is 3.36. The molecule has 0 spiro atoms. The van der Waals surface area contributed by atoms with Gasteiger partial charge in [0.15, 0.2) is 11.6 Å². The van der Waals surface area contributed by atoms with Crippen molar-refractivity contribution in [2.45, 2.75) is 0 Å². The zero-order valence-corrected chi connectivity index (χ0v) is 16.1. The largest absolute Gasteiger partial charge is 0.496 e. The zero-order chi connectivity index (χ0) is 19.5. The molecule has 0 N–H and O–H groups in total. The van der Waals surface area contributed by atoms with E-state index in [2.05, 4.69) is 15.1 Å². The third-order valence-electron chi connectivity index (χ3n) is 4.71. The number of piperazine rings is 1. The quantitative estimate of drug-likeness (QED) is 0.671. The number of amides is 1. The Morgan fingerprint density at radius 3 is 2.57 bits per heavy atom. The van der Waals surface area contributed by atoms with Crippen LogP contribution in [0.1, 0.15) is 10.4 Å². The van der Waals surface area contributed by atoms with Crippen molar-refractivity contribution < 1.29 is 13.9 Å². The van der Waals surface area contributed by atoms with Crippen molar-refractivity contribution in [3.63, 3.8) is 0 Å². The number of nitrogens with zero attached hydrogens (tertiary/aromatic N) is 4. The molecule has 1 aliphatic rings. The van der Waals surface area contributed by atoms with Crippen LogP contribution < -0.4 is 9.64 Å². The van der Waals surface area contributed by atoms with Gasteiger partial charge in [-0.25, -0.2) is 0 Å². The molecular weight excluding hydrogens is 380 g/mol. The number of methoxy groups -OCH3 is 1. The van der Waals surface area contributed by atoms with Gasteiger partial charge in [0.1, 0.15) is 11.4 Å². The second-order valence-corrected chi connectivity index (χ2v) is 6.81. The van der Waals surface area contributed by atoms with Gasteiger partial charge in [0.25, 0.3) is 5.91 Å². The maximum Gasteiger partial charge on any atom is 0.257 e. The molecule has 3 heterocycles. The summed E-state index contributed by atoms with van der Waals surface area (Å²) >= 11 is 6.05. The Hall–Kier alpha value is -3.06. The Bertz CT molecular complexity index is 952. The highest BCUT2D eigenvalue weighted by atomic mass is 35.5. The Kier molecular flexibility index (Phi) is 5.16. The molecule has 0 atom stereocenters. The first-order valence-corrected chi connectivity index (χ1v) is 9.29. The maximum atomic E-state index is 12.9. The lowest BCUT2D eigenvalue weighted by molar-refractivity contribution is 0.0743. The first kappa shape index (κ1) is 18.3. The first-order chi connectivity index (χ1) is 13.7. The minimum Gasteiger partial charge on any atom is -0.496 e. The lowest BCUT2D eigenvalue weighted by Gasteiger charge is -2.35. The summed E-state index contributed by atoms with van der Waals surface area (Å²) in [5.74, 6) is 1.90. The van der Waals surface area contributed by atoms with E-state index in [1.807, 2.05) is 24.3 Å². The summed E-state index contributed by atoms with van der Waals surface area (Å²) in [5, 5.41) is 9.04. The maximum absolute atomic E-state index is 12.9. The molecule has 3 aromatic rings. The van der Waals surface area contributed by atoms with Crippen LogP contribution in [0.2, 0.25) is 5.02 Å². The van der Waals surface area contributed by atoms with E-state index < -0.39 is 0 Å². The van der Waals surface area contributed by atoms with Crippen LogP contribution in [-0.4, -0.2) is 54.3 Å². The number of anilines is 1. The number of halogens is 1. The van der Waals surface area contributed by atoms with Crippen molar-refractivity contribution in [2.75, 3.05) is 38.2 Å². The van der Waals surface area contributed by atoms with Gasteiger partial charge in [-0.15, -0.1) is 10.2 Å². The van der Waals surface area contributed by atoms with Crippen LogP contribution in [0.3, 0.4) is 0 Å². The molecular formula is C20H19ClN4O3. The Balaban J connectivity index is 1.42. The van der Waals surface area contributed by atoms with Crippen LogP contribution in [0.5, 0.6) is 5.75 Å². The number of carbonyl (C=O) groups excluding carboxylic acids is 1. The molecule has 0 unspecified atom stereocenters. The average Bonchev–Trinajstić information content (AvgIpc) is 3.28. The molecule has 1 saturated heterocycles. The predicted molar refractivity (Wildman–Crippen MR) is 106 cm³/mol. The lowest BCUT2D eigenvalue weighted by atomic mass is 10.1. The molecule has 1 fully saturated rings. The number of ether oxygens (including phenoxy) is 1. The zero-order valence-electron chi connectivity index (χ0n) is 15.3. The fourth-order valence-electron chi connectivity index (χ4n) is 3.21. The molecule has 1 amide bonds. The van der Waals surface area contributed by atoms with E-state index in [-0.39, 0.29) is 5.91 Å². The number of carbonyl (C=O) groups is 1. The average molecular weight is 399 g/mol. The smallest absolute Gasteiger partial charge is 0.257 e. The van der Waals surface area contributed by atoms with Gasteiger partial charge in [-0.05, 0) is 42.5 Å². The molecule has 28 heavy (non-hydrogen) atoms. The summed E-state index contributed by atoms with van der Waals surface area (Å²) in [4.78, 5) is 16.8. The summed E-state index contributed by atoms with van der Waals surface area (Å²) in [6.07, 6.45) is 1.61. The lowest BCUT2D eigenvalue weighted by Crippen LogP contribution is -2.49. The van der Waals surface area contributed by atoms with Crippen LogP contribution in [0.15, 0.2) is 53.1 Å². The second kappa shape index (κ2) is 7.90. The molecule has 4 rings (SSSR count). The van der Waals surface area contributed by atoms with Crippen LogP contribution in [0.25, 0.3) is 11.5 Å². The molecule has 0 bridgehead atoms. The molecule has 0 aliphatic carbocycles. The Morgan fingerprint density at radius 1 is 1.11 bits per heavy atom. The van der Waals surface area contributed by atoms with Gasteiger partial charge < -0.3 is 19.0 Å². The molecule has 8 heteroatoms. The summed E-state index contributed by atoms with van der Waals surface area (Å²) in [5.41, 5.74) is 1.17. The van der Waals surface area contributed by atoms with Crippen LogP contribution >= 0.6 is 11.6 Å². The van der Waals surface area contributed by atoms with E-state index in [1.54, 1.807) is 36.5 Å². The van der Waals surface area contributed by atoms with E-state index in [0.29, 0.717) is 54.0 Å². The van der Waals surface area contributed by atoms with Crippen molar-refractivity contribution >= 4 is 23.3 Å². The third kappa shape index (κ3) is 3.66. The van der Waals surface area contributed by atoms with Crippen molar-refractivity contribution in [1.29, 1.82) is 0 Å². The van der Waals surface area contributed by atoms with Crippen molar-refractivity contribution in [1.82, 2.24) is 15.1 Å². The number of rotatable bonds is 4. The fraction of sp³-hybridized carbons (Fsp3) is 0.250. The highest BCUT2D eigenvalue weighted by Gasteiger charge is 2.25. The van der Waals surface area contributed by atoms with E-state index in [1.165, 1.54) is 0 Å². The summed E-state index contributed by atoms with van der Waals surface area (Å²) in [6, 6.07) is 12.5. The van der Waals surface area contributed by atoms with Gasteiger partial charge in [0.2, 0.25) is 0 Å². The normalized spacial score (nSPS) is 14.2. The molecule has 144 valence electrons. The Morgan fingerprint density at radius 2 is 1.93 bits per heavy atom. The second-order valence-electron chi connectivity index (χ2n) is 6.38. The molecule has 2 aromatic heterocycles. The van der Waals surface area contributed by atoms with E-state index in [0.717, 1.165) is 5.82 Å². The highest BCUT2D eigenvalue weighted by molar-refractivity contribution is 6.31. The minimum atomic E-state index is -0.0850. The molecule has 1 aliphatic heterocycles. The van der Waals surface area contributed by atoms with Crippen LogP contribution in [-0.2, 0) is 0 Å². The first-order valence-electron chi connectivity index (χ1n) is 8.91. The topological polar surface area (TPSA) is 71.7 Å². The summed E-state index contributed by atoms with van der Waals surface area (Å²) in [6.45, 7) is 2.50. The van der Waals surface area contributed by atoms with Gasteiger partial charge in [-0.2, -0.15) is 0 Å². The third-order valence-corrected chi connectivity index (χ3v) is 4.94. The minimum absolute atomic E-state index is 0.0850. The summed E-state index contributed by atoms with van der Waals surface area (Å²) in [7, 11) is 1.54. The number of benzene rings is 1. The van der Waals surface area contributed by atoms with E-state index in [4.69, 9.17) is 20.8 Å². The van der Waals surface area contributed by atoms with Crippen LogP contribution in [0.4, 0.5) is 5.82 Å². The Labute approximate surface area is 167 Å². The number of furan rings is 1. The van der Waals surface area contributed by atoms with Crippen molar-refractivity contribution in [2.24, 2.45) is 0 Å². The van der Waals surface area contributed by atoms with Gasteiger partial charge in [-0.3, -0.25) is 4.79 Å². The number of aromatic nitrogens is 2. The van der Waals surface area contributed by atoms with Gasteiger partial charge in [0.05, 0.1) is 18.9 Å². The summed E-state index contributed by atoms with van der Waals surface area (Å²) < 4.78 is 10.6. The van der Waals surface area contributed by atoms with Crippen LogP contribution in [0, 0.1) is 0 Å². The van der Waals surface area contributed by atoms with E-state index in [9.17, 15) is 4.79 Å². The fourth-order valence-corrected chi connectivity index (χ4v) is 3.38. The number of hydrogen-bond acceptors (Lipinski definition) is 6. The molecule has 0 radical (unpaired) electrons. The molecule has 0 saturated carbocycles. The van der Waals surface area contributed by atoms with Gasteiger partial charge in [0, 0.05) is 31.2 Å². The standard InChI is InChI=1S/C20H19ClN4O3/c1-27-17-6-4-14(21)13-15(17)20(26)25-10-8-24(9-11-25)19-7-5-16(22-23-19)18-3-2-12-28-18/h2-7,12-13H,8-11H2,1H3. The van der Waals surface area contributed by atoms with Crippen molar-refractivity contribution in [3.05, 3.63) is 59.3 Å². The van der Waals surface area contributed by atoms with Gasteiger partial charge in [-0.1, -0.05) is 11.6 Å².